The van der Waals surface area contributed by atoms with Crippen molar-refractivity contribution in [3.63, 3.8) is 0 Å². The molecule has 0 amide bonds. The summed E-state index contributed by atoms with van der Waals surface area (Å²) in [5, 5.41) is 5.59. The van der Waals surface area contributed by atoms with E-state index in [1.165, 1.54) is 0 Å². The van der Waals surface area contributed by atoms with Gasteiger partial charge in [0.2, 0.25) is 0 Å². The second-order valence-corrected chi connectivity index (χ2v) is 4.26. The summed E-state index contributed by atoms with van der Waals surface area (Å²) in [6.45, 7) is 9.91. The van der Waals surface area contributed by atoms with Crippen LogP contribution < -0.4 is 9.17 Å². The Kier molecular flexibility index (Phi) is 6.44. The van der Waals surface area contributed by atoms with Crippen LogP contribution in [0.25, 0.3) is 0 Å². The van der Waals surface area contributed by atoms with Gasteiger partial charge < -0.3 is 0 Å². The lowest BCUT2D eigenvalue weighted by molar-refractivity contribution is 0.0268. The first-order chi connectivity index (χ1) is 6.14. The molecule has 0 aromatic heterocycles. The third kappa shape index (κ3) is 3.70. The molecular weight excluding hydrogens is 279 g/mol. The number of nitrogens with zero attached hydrogens (tertiary/aromatic N) is 2. The van der Waals surface area contributed by atoms with Gasteiger partial charge in [-0.25, -0.2) is 5.53 Å². The lowest BCUT2D eigenvalue weighted by atomic mass is 9.96. The second-order valence-electron chi connectivity index (χ2n) is 3.02. The number of hydrogen-bond donors (Lipinski definition) is 2. The molecular formula is C8H19IN4. The number of rotatable bonds is 7. The third-order valence-electron chi connectivity index (χ3n) is 2.38. The van der Waals surface area contributed by atoms with E-state index in [1.54, 1.807) is 0 Å². The Morgan fingerprint density at radius 3 is 2.31 bits per heavy atom. The predicted octanol–water partition coefficient (Wildman–Crippen LogP) is 1.81. The van der Waals surface area contributed by atoms with Crippen molar-refractivity contribution in [1.29, 1.82) is 0 Å². The maximum atomic E-state index is 3.84. The number of hydrogen-bond acceptors (Lipinski definition) is 4. The Morgan fingerprint density at radius 1 is 1.46 bits per heavy atom. The molecule has 0 aromatic carbocycles. The molecule has 0 radical (unpaired) electrons. The van der Waals surface area contributed by atoms with Crippen molar-refractivity contribution in [2.45, 2.75) is 39.2 Å². The van der Waals surface area contributed by atoms with Gasteiger partial charge in [0.1, 0.15) is 0 Å². The zero-order valence-electron chi connectivity index (χ0n) is 8.60. The van der Waals surface area contributed by atoms with Crippen molar-refractivity contribution in [3.05, 3.63) is 0 Å². The molecule has 78 valence electrons. The molecule has 0 atom stereocenters. The third-order valence-corrected chi connectivity index (χ3v) is 3.20. The van der Waals surface area contributed by atoms with Crippen LogP contribution in [-0.4, -0.2) is 21.9 Å². The fourth-order valence-electron chi connectivity index (χ4n) is 0.938. The van der Waals surface area contributed by atoms with Gasteiger partial charge >= 0.3 is 0 Å². The Morgan fingerprint density at radius 2 is 2.00 bits per heavy atom. The van der Waals surface area contributed by atoms with E-state index in [0.717, 1.165) is 12.8 Å². The molecule has 5 heteroatoms. The monoisotopic (exact) mass is 298 g/mol. The predicted molar refractivity (Wildman–Crippen MR) is 67.8 cm³/mol. The average molecular weight is 298 g/mol. The lowest BCUT2D eigenvalue weighted by Gasteiger charge is -2.37. The second kappa shape index (κ2) is 6.44. The van der Waals surface area contributed by atoms with E-state index in [-0.39, 0.29) is 26.5 Å². The summed E-state index contributed by atoms with van der Waals surface area (Å²) in [6.07, 6.45) is 2.09. The van der Waals surface area contributed by atoms with E-state index >= 15 is 0 Å². The van der Waals surface area contributed by atoms with Gasteiger partial charge in [-0.05, 0) is 40.8 Å². The molecule has 0 saturated heterocycles. The van der Waals surface area contributed by atoms with Crippen molar-refractivity contribution in [1.82, 2.24) is 14.3 Å². The highest BCUT2D eigenvalue weighted by Crippen LogP contribution is 2.20. The van der Waals surface area contributed by atoms with Gasteiger partial charge in [0, 0.05) is 6.72 Å². The molecule has 0 aliphatic heterocycles. The molecule has 0 aliphatic carbocycles. The fourth-order valence-corrected chi connectivity index (χ4v) is 1.97. The topological polar surface area (TPSA) is 39.7 Å². The van der Waals surface area contributed by atoms with Crippen molar-refractivity contribution in [2.24, 2.45) is 5.10 Å². The van der Waals surface area contributed by atoms with E-state index in [9.17, 15) is 0 Å². The van der Waals surface area contributed by atoms with E-state index in [1.807, 2.05) is 5.12 Å². The van der Waals surface area contributed by atoms with Crippen LogP contribution in [0.1, 0.15) is 33.6 Å². The molecule has 13 heavy (non-hydrogen) atoms. The maximum absolute atomic E-state index is 3.84. The summed E-state index contributed by atoms with van der Waals surface area (Å²) in [4.78, 5) is 0. The van der Waals surface area contributed by atoms with Crippen LogP contribution >= 0.6 is 21.0 Å². The van der Waals surface area contributed by atoms with Gasteiger partial charge in [0.05, 0.1) is 5.54 Å². The molecule has 0 unspecified atom stereocenters. The first-order valence-electron chi connectivity index (χ1n) is 4.29. The molecule has 0 fully saturated rings. The molecule has 0 bridgehead atoms. The highest BCUT2D eigenvalue weighted by Gasteiger charge is 2.27. The number of hydrazine groups is 2. The summed E-state index contributed by atoms with van der Waals surface area (Å²) in [5.41, 5.74) is 2.92. The van der Waals surface area contributed by atoms with Crippen LogP contribution in [0.2, 0.25) is 0 Å². The van der Waals surface area contributed by atoms with E-state index in [0.29, 0.717) is 0 Å². The minimum atomic E-state index is -0.248. The molecule has 0 saturated carbocycles. The van der Waals surface area contributed by atoms with Crippen molar-refractivity contribution < 1.29 is 0 Å². The fraction of sp³-hybridized carbons (Fsp3) is 0.750. The smallest absolute Gasteiger partial charge is 0.0549 e. The minimum absolute atomic E-state index is 0.0681. The van der Waals surface area contributed by atoms with Gasteiger partial charge in [-0.3, -0.25) is 0 Å². The molecule has 0 aliphatic rings. The van der Waals surface area contributed by atoms with Gasteiger partial charge in [0.15, 0.2) is 0 Å². The number of halogens is 1. The SMILES string of the molecule is C=NNN(NI=C)C(C)(CC)CC. The molecule has 0 rings (SSSR count). The largest absolute Gasteiger partial charge is 0.226 e. The Labute approximate surface area is 90.8 Å². The van der Waals surface area contributed by atoms with E-state index in [2.05, 4.69) is 46.3 Å². The summed E-state index contributed by atoms with van der Waals surface area (Å²) in [6, 6.07) is 0. The molecule has 0 spiro atoms. The summed E-state index contributed by atoms with van der Waals surface area (Å²) < 4.78 is 7.06. The zero-order chi connectivity index (χ0) is 10.3. The zero-order valence-corrected chi connectivity index (χ0v) is 10.8. The molecule has 2 N–H and O–H groups in total. The summed E-state index contributed by atoms with van der Waals surface area (Å²) in [7, 11) is 0. The quantitative estimate of drug-likeness (QED) is 0.326. The normalized spacial score (nSPS) is 11.7. The Balaban J connectivity index is 4.45. The van der Waals surface area contributed by atoms with E-state index < -0.39 is 0 Å². The first-order valence-corrected chi connectivity index (χ1v) is 6.89. The minimum Gasteiger partial charge on any atom is -0.226 e. The van der Waals surface area contributed by atoms with Crippen LogP contribution in [-0.2, 0) is 0 Å². The number of nitrogens with one attached hydrogen (secondary N) is 2. The summed E-state index contributed by atoms with van der Waals surface area (Å²) in [5.74, 6) is 0. The van der Waals surface area contributed by atoms with Gasteiger partial charge in [-0.2, -0.15) is 8.74 Å². The standard InChI is InChI=1S/C8H19IN4/c1-6-8(3,7-2)13(11-9-4)12-10-5/h11-12H,4-7H2,1-3H3. The number of hydrazone groups is 1. The highest BCUT2D eigenvalue weighted by atomic mass is 127. The van der Waals surface area contributed by atoms with Crippen LogP contribution in [0.5, 0.6) is 0 Å². The first kappa shape index (κ1) is 13.0. The highest BCUT2D eigenvalue weighted by molar-refractivity contribution is 14.2. The van der Waals surface area contributed by atoms with Gasteiger partial charge in [0.25, 0.3) is 0 Å². The summed E-state index contributed by atoms with van der Waals surface area (Å²) >= 11 is -0.248. The van der Waals surface area contributed by atoms with Gasteiger partial charge in [-0.1, -0.05) is 18.4 Å². The van der Waals surface area contributed by atoms with Crippen LogP contribution in [0.3, 0.4) is 0 Å². The Bertz CT molecular complexity index is 158. The van der Waals surface area contributed by atoms with Crippen LogP contribution in [0, 0.1) is 0 Å². The average Bonchev–Trinajstić information content (AvgIpc) is 2.16. The molecule has 0 heterocycles. The van der Waals surface area contributed by atoms with Crippen molar-refractivity contribution in [3.8, 4) is 0 Å². The Hall–Kier alpha value is -0.0100. The molecule has 0 aromatic rings. The van der Waals surface area contributed by atoms with Crippen molar-refractivity contribution in [2.75, 3.05) is 0 Å². The van der Waals surface area contributed by atoms with Crippen LogP contribution in [0.15, 0.2) is 5.10 Å². The van der Waals surface area contributed by atoms with E-state index in [4.69, 9.17) is 0 Å². The van der Waals surface area contributed by atoms with Crippen LogP contribution in [0.4, 0.5) is 0 Å². The van der Waals surface area contributed by atoms with Gasteiger partial charge in [-0.15, -0.1) is 5.12 Å². The lowest BCUT2D eigenvalue weighted by Crippen LogP contribution is -2.55. The van der Waals surface area contributed by atoms with Crippen molar-refractivity contribution >= 4 is 32.2 Å². The molecule has 4 nitrogen and oxygen atoms in total. The maximum Gasteiger partial charge on any atom is 0.0549 e.